The van der Waals surface area contributed by atoms with Gasteiger partial charge in [-0.3, -0.25) is 0 Å². The maximum absolute atomic E-state index is 10.2. The minimum absolute atomic E-state index is 0. The van der Waals surface area contributed by atoms with Crippen molar-refractivity contribution in [3.63, 3.8) is 0 Å². The first-order valence-electron chi connectivity index (χ1n) is 4.85. The zero-order valence-electron chi connectivity index (χ0n) is 11.5. The van der Waals surface area contributed by atoms with Crippen LogP contribution in [0.2, 0.25) is 0 Å². The number of hydrogen-bond donors (Lipinski definition) is 0. The molecule has 0 saturated carbocycles. The van der Waals surface area contributed by atoms with E-state index < -0.39 is 16.1 Å². The number of rotatable bonds is 4. The standard InChI is InChI=1S/C8H8O3S.C4H6O2.2Na/c9-12(10,11)7-6-8-4-2-1-3-5-8;1-2-3-4(5)6;;/h1-7H,(H,9,10,11);2H,1,3H2,(H,5,6);;/q;;2*+1/p-2. The Balaban J connectivity index is -0.000000316. The summed E-state index contributed by atoms with van der Waals surface area (Å²) < 4.78 is 30.5. The number of aliphatic carboxylic acids is 1. The molecular weight excluding hydrogens is 302 g/mol. The molecule has 5 nitrogen and oxygen atoms in total. The zero-order valence-corrected chi connectivity index (χ0v) is 16.3. The van der Waals surface area contributed by atoms with Crippen molar-refractivity contribution in [3.05, 3.63) is 54.0 Å². The molecule has 0 aliphatic carbocycles. The van der Waals surface area contributed by atoms with Crippen molar-refractivity contribution in [2.75, 3.05) is 0 Å². The van der Waals surface area contributed by atoms with E-state index in [1.807, 2.05) is 6.07 Å². The summed E-state index contributed by atoms with van der Waals surface area (Å²) >= 11 is 0. The normalized spacial score (nSPS) is 9.45. The summed E-state index contributed by atoms with van der Waals surface area (Å²) in [7, 11) is -4.25. The Morgan fingerprint density at radius 2 is 1.70 bits per heavy atom. The fourth-order valence-electron chi connectivity index (χ4n) is 0.844. The summed E-state index contributed by atoms with van der Waals surface area (Å²) in [5.74, 6) is -1.08. The molecule has 1 aromatic rings. The van der Waals surface area contributed by atoms with Gasteiger partial charge in [0.2, 0.25) is 0 Å². The van der Waals surface area contributed by atoms with E-state index in [-0.39, 0.29) is 65.5 Å². The van der Waals surface area contributed by atoms with Crippen molar-refractivity contribution in [1.29, 1.82) is 0 Å². The Labute approximate surface area is 163 Å². The van der Waals surface area contributed by atoms with Gasteiger partial charge in [-0.05, 0) is 11.6 Å². The number of carboxylic acids is 1. The molecule has 1 aromatic carbocycles. The maximum Gasteiger partial charge on any atom is 1.00 e. The van der Waals surface area contributed by atoms with Crippen LogP contribution in [0.25, 0.3) is 6.08 Å². The van der Waals surface area contributed by atoms with Crippen LogP contribution in [0.1, 0.15) is 12.0 Å². The minimum atomic E-state index is -4.25. The fraction of sp³-hybridized carbons (Fsp3) is 0.0833. The van der Waals surface area contributed by atoms with Gasteiger partial charge in [-0.25, -0.2) is 8.42 Å². The van der Waals surface area contributed by atoms with Crippen molar-refractivity contribution in [2.45, 2.75) is 6.42 Å². The van der Waals surface area contributed by atoms with Gasteiger partial charge in [0, 0.05) is 17.8 Å². The molecule has 0 radical (unpaired) electrons. The summed E-state index contributed by atoms with van der Waals surface area (Å²) in [6.45, 7) is 3.18. The molecule has 8 heteroatoms. The third-order valence-corrected chi connectivity index (χ3v) is 2.01. The number of carboxylic acid groups (broad SMARTS) is 1. The Bertz CT molecular complexity index is 512. The summed E-state index contributed by atoms with van der Waals surface area (Å²) in [5, 5.41) is 10.1. The second-order valence-corrected chi connectivity index (χ2v) is 4.33. The predicted molar refractivity (Wildman–Crippen MR) is 65.0 cm³/mol. The molecule has 0 heterocycles. The number of carbonyl (C=O) groups is 1. The van der Waals surface area contributed by atoms with Crippen LogP contribution in [-0.4, -0.2) is 18.9 Å². The van der Waals surface area contributed by atoms with E-state index in [4.69, 9.17) is 0 Å². The zero-order chi connectivity index (χ0) is 14.0. The second-order valence-electron chi connectivity index (χ2n) is 3.07. The van der Waals surface area contributed by atoms with Crippen molar-refractivity contribution >= 4 is 22.2 Å². The van der Waals surface area contributed by atoms with E-state index in [1.165, 1.54) is 12.2 Å². The smallest absolute Gasteiger partial charge is 0.744 e. The van der Waals surface area contributed by atoms with Crippen LogP contribution in [0, 0.1) is 0 Å². The maximum atomic E-state index is 10.2. The van der Waals surface area contributed by atoms with Crippen LogP contribution < -0.4 is 64.2 Å². The monoisotopic (exact) mass is 314 g/mol. The molecule has 0 spiro atoms. The largest absolute Gasteiger partial charge is 1.00 e. The van der Waals surface area contributed by atoms with E-state index in [0.717, 1.165) is 0 Å². The Hall–Kier alpha value is 0.0800. The van der Waals surface area contributed by atoms with Crippen molar-refractivity contribution in [2.24, 2.45) is 0 Å². The SMILES string of the molecule is C=CCC(=O)[O-].O=S(=O)([O-])C=Cc1ccccc1.[Na+].[Na+]. The predicted octanol–water partition coefficient (Wildman–Crippen LogP) is -5.48. The Morgan fingerprint density at radius 3 is 2.00 bits per heavy atom. The van der Waals surface area contributed by atoms with Gasteiger partial charge in [0.05, 0.1) is 0 Å². The molecule has 0 aliphatic heterocycles. The topological polar surface area (TPSA) is 97.3 Å². The van der Waals surface area contributed by atoms with Gasteiger partial charge >= 0.3 is 59.1 Å². The van der Waals surface area contributed by atoms with Gasteiger partial charge in [-0.2, -0.15) is 0 Å². The Kier molecular flexibility index (Phi) is 17.6. The molecule has 0 aliphatic rings. The van der Waals surface area contributed by atoms with Crippen molar-refractivity contribution < 1.29 is 82.0 Å². The number of carbonyl (C=O) groups excluding carboxylic acids is 1. The summed E-state index contributed by atoms with van der Waals surface area (Å²) in [5.41, 5.74) is 0.692. The first kappa shape index (κ1) is 25.1. The Morgan fingerprint density at radius 1 is 1.20 bits per heavy atom. The second kappa shape index (κ2) is 14.0. The van der Waals surface area contributed by atoms with Crippen molar-refractivity contribution in [1.82, 2.24) is 0 Å². The molecule has 0 saturated heterocycles. The van der Waals surface area contributed by atoms with Crippen LogP contribution in [0.3, 0.4) is 0 Å². The average Bonchev–Trinajstić information content (AvgIpc) is 2.27. The summed E-state index contributed by atoms with van der Waals surface area (Å²) in [4.78, 5) is 9.42. The van der Waals surface area contributed by atoms with E-state index in [1.54, 1.807) is 24.3 Å². The molecule has 0 bridgehead atoms. The summed E-state index contributed by atoms with van der Waals surface area (Å²) in [6, 6.07) is 8.75. The molecule has 98 valence electrons. The molecule has 0 unspecified atom stereocenters. The van der Waals surface area contributed by atoms with E-state index in [0.29, 0.717) is 11.0 Å². The molecule has 0 aromatic heterocycles. The molecule has 0 fully saturated rings. The van der Waals surface area contributed by atoms with E-state index in [9.17, 15) is 22.9 Å². The van der Waals surface area contributed by atoms with Crippen LogP contribution >= 0.6 is 0 Å². The fourth-order valence-corrected chi connectivity index (χ4v) is 1.17. The van der Waals surface area contributed by atoms with Gasteiger partial charge in [0.25, 0.3) is 0 Å². The van der Waals surface area contributed by atoms with Crippen LogP contribution in [0.15, 0.2) is 48.4 Å². The third kappa shape index (κ3) is 18.1. The number of hydrogen-bond acceptors (Lipinski definition) is 5. The van der Waals surface area contributed by atoms with E-state index in [2.05, 4.69) is 6.58 Å². The van der Waals surface area contributed by atoms with Gasteiger partial charge in [-0.15, -0.1) is 6.58 Å². The molecule has 1 rings (SSSR count). The summed E-state index contributed by atoms with van der Waals surface area (Å²) in [6.07, 6.45) is 2.50. The average molecular weight is 314 g/mol. The molecule has 20 heavy (non-hydrogen) atoms. The van der Waals surface area contributed by atoms with E-state index >= 15 is 0 Å². The molecular formula is C12H12Na2O5S. The quantitative estimate of drug-likeness (QED) is 0.314. The van der Waals surface area contributed by atoms with Gasteiger partial charge < -0.3 is 14.5 Å². The minimum Gasteiger partial charge on any atom is -0.744 e. The number of benzene rings is 1. The molecule has 0 amide bonds. The molecule has 0 atom stereocenters. The molecule has 0 N–H and O–H groups in total. The van der Waals surface area contributed by atoms with Gasteiger partial charge in [0.1, 0.15) is 10.1 Å². The van der Waals surface area contributed by atoms with Crippen molar-refractivity contribution in [3.8, 4) is 0 Å². The first-order valence-corrected chi connectivity index (χ1v) is 6.32. The van der Waals surface area contributed by atoms with Gasteiger partial charge in [-0.1, -0.05) is 36.4 Å². The van der Waals surface area contributed by atoms with Crippen LogP contribution in [0.4, 0.5) is 0 Å². The van der Waals surface area contributed by atoms with Crippen LogP contribution in [-0.2, 0) is 14.9 Å². The third-order valence-electron chi connectivity index (χ3n) is 1.54. The van der Waals surface area contributed by atoms with Gasteiger partial charge in [0.15, 0.2) is 0 Å². The van der Waals surface area contributed by atoms with Crippen LogP contribution in [0.5, 0.6) is 0 Å². The first-order chi connectivity index (χ1) is 8.35.